The fourth-order valence-corrected chi connectivity index (χ4v) is 5.54. The first-order valence-electron chi connectivity index (χ1n) is 18.4. The second-order valence-electron chi connectivity index (χ2n) is 12.8. The van der Waals surface area contributed by atoms with Crippen LogP contribution in [-0.4, -0.2) is 22.2 Å². The van der Waals surface area contributed by atoms with Gasteiger partial charge in [-0.15, -0.1) is 0 Å². The lowest BCUT2D eigenvalue weighted by molar-refractivity contribution is -0.138. The molecule has 0 bridgehead atoms. The maximum Gasteiger partial charge on any atom is 0.303 e. The molecular weight excluding hydrogens is 508 g/mol. The Bertz CT molecular complexity index is 519. The summed E-state index contributed by atoms with van der Waals surface area (Å²) in [5, 5.41) is 17.1. The van der Waals surface area contributed by atoms with E-state index < -0.39 is 11.9 Å². The fraction of sp³-hybridized carbons (Fsp3) is 0.946. The molecule has 4 nitrogen and oxygen atoms in total. The van der Waals surface area contributed by atoms with E-state index in [9.17, 15) is 9.59 Å². The Balaban J connectivity index is 0. The van der Waals surface area contributed by atoms with Crippen molar-refractivity contribution in [3.05, 3.63) is 0 Å². The summed E-state index contributed by atoms with van der Waals surface area (Å²) in [6.45, 7) is 6.95. The zero-order chi connectivity index (χ0) is 30.7. The van der Waals surface area contributed by atoms with Crippen molar-refractivity contribution in [2.75, 3.05) is 0 Å². The van der Waals surface area contributed by atoms with Crippen molar-refractivity contribution in [2.45, 2.75) is 220 Å². The number of aliphatic carboxylic acids is 2. The van der Waals surface area contributed by atoms with Gasteiger partial charge in [0.05, 0.1) is 0 Å². The minimum absolute atomic E-state index is 0.343. The lowest BCUT2D eigenvalue weighted by atomic mass is 9.96. The Labute approximate surface area is 257 Å². The monoisotopic (exact) mass is 583 g/mol. The normalized spacial score (nSPS) is 11.7. The van der Waals surface area contributed by atoms with Crippen LogP contribution < -0.4 is 0 Å². The molecular formula is C37H74O4. The molecule has 0 saturated carbocycles. The van der Waals surface area contributed by atoms with Crippen LogP contribution >= 0.6 is 0 Å². The molecule has 4 heteroatoms. The highest BCUT2D eigenvalue weighted by Crippen LogP contribution is 2.18. The van der Waals surface area contributed by atoms with Crippen LogP contribution in [0.5, 0.6) is 0 Å². The third-order valence-corrected chi connectivity index (χ3v) is 8.38. The van der Waals surface area contributed by atoms with Gasteiger partial charge in [0.2, 0.25) is 0 Å². The maximum atomic E-state index is 10.4. The Hall–Kier alpha value is -1.06. The molecule has 0 heterocycles. The van der Waals surface area contributed by atoms with E-state index in [1.54, 1.807) is 0 Å². The highest BCUT2D eigenvalue weighted by Gasteiger charge is 2.02. The van der Waals surface area contributed by atoms with Crippen molar-refractivity contribution in [3.63, 3.8) is 0 Å². The number of hydrogen-bond donors (Lipinski definition) is 2. The predicted molar refractivity (Wildman–Crippen MR) is 179 cm³/mol. The van der Waals surface area contributed by atoms with Gasteiger partial charge in [-0.25, -0.2) is 0 Å². The molecule has 0 aromatic heterocycles. The van der Waals surface area contributed by atoms with Crippen molar-refractivity contribution in [1.82, 2.24) is 0 Å². The quantitative estimate of drug-likeness (QED) is 0.0773. The molecule has 0 aromatic carbocycles. The van der Waals surface area contributed by atoms with E-state index in [2.05, 4.69) is 20.8 Å². The molecule has 0 aromatic rings. The number of rotatable bonds is 32. The smallest absolute Gasteiger partial charge is 0.303 e. The van der Waals surface area contributed by atoms with Crippen molar-refractivity contribution in [1.29, 1.82) is 0 Å². The first kappa shape index (κ1) is 42.1. The zero-order valence-corrected chi connectivity index (χ0v) is 28.2. The van der Waals surface area contributed by atoms with Crippen LogP contribution in [0.15, 0.2) is 0 Å². The molecule has 0 amide bonds. The van der Waals surface area contributed by atoms with E-state index >= 15 is 0 Å². The van der Waals surface area contributed by atoms with Gasteiger partial charge in [-0.3, -0.25) is 9.59 Å². The Morgan fingerprint density at radius 2 is 0.610 bits per heavy atom. The molecule has 0 aliphatic carbocycles. The summed E-state index contributed by atoms with van der Waals surface area (Å²) in [6, 6.07) is 0. The molecule has 0 aliphatic rings. The van der Waals surface area contributed by atoms with Gasteiger partial charge in [-0.1, -0.05) is 194 Å². The topological polar surface area (TPSA) is 74.6 Å². The zero-order valence-electron chi connectivity index (χ0n) is 28.2. The van der Waals surface area contributed by atoms with Crippen molar-refractivity contribution < 1.29 is 19.8 Å². The van der Waals surface area contributed by atoms with Gasteiger partial charge in [0, 0.05) is 12.8 Å². The number of carboxylic acid groups (broad SMARTS) is 2. The summed E-state index contributed by atoms with van der Waals surface area (Å²) < 4.78 is 0. The van der Waals surface area contributed by atoms with Crippen LogP contribution in [0.1, 0.15) is 220 Å². The fourth-order valence-electron chi connectivity index (χ4n) is 5.54. The molecule has 41 heavy (non-hydrogen) atoms. The molecule has 0 saturated heterocycles. The second-order valence-corrected chi connectivity index (χ2v) is 12.8. The van der Waals surface area contributed by atoms with Crippen LogP contribution in [0.4, 0.5) is 0 Å². The van der Waals surface area contributed by atoms with Crippen molar-refractivity contribution in [2.24, 2.45) is 5.92 Å². The summed E-state index contributed by atoms with van der Waals surface area (Å²) in [4.78, 5) is 20.7. The average molecular weight is 583 g/mol. The summed E-state index contributed by atoms with van der Waals surface area (Å²) in [5.74, 6) is -0.392. The maximum absolute atomic E-state index is 10.4. The van der Waals surface area contributed by atoms with Gasteiger partial charge in [0.15, 0.2) is 0 Å². The molecule has 1 unspecified atom stereocenters. The molecule has 1 atom stereocenters. The third kappa shape index (κ3) is 43.5. The highest BCUT2D eigenvalue weighted by molar-refractivity contribution is 5.66. The molecule has 0 spiro atoms. The van der Waals surface area contributed by atoms with Gasteiger partial charge >= 0.3 is 11.9 Å². The summed E-state index contributed by atoms with van der Waals surface area (Å²) >= 11 is 0. The van der Waals surface area contributed by atoms with Crippen LogP contribution in [0.3, 0.4) is 0 Å². The average Bonchev–Trinajstić information content (AvgIpc) is 2.94. The molecule has 0 rings (SSSR count). The van der Waals surface area contributed by atoms with Gasteiger partial charge in [-0.05, 0) is 18.8 Å². The minimum atomic E-state index is -0.654. The number of unbranched alkanes of at least 4 members (excludes halogenated alkanes) is 24. The lowest BCUT2D eigenvalue weighted by Crippen LogP contribution is -1.95. The van der Waals surface area contributed by atoms with E-state index in [0.717, 1.165) is 31.6 Å². The van der Waals surface area contributed by atoms with Gasteiger partial charge in [-0.2, -0.15) is 0 Å². The molecule has 246 valence electrons. The SMILES string of the molecule is CCCCCCC(C)CCCCCCCCCCC(=O)O.CCCCCCCCCCCCCCCCCC(=O)O. The number of carboxylic acids is 2. The summed E-state index contributed by atoms with van der Waals surface area (Å²) in [5.41, 5.74) is 0. The van der Waals surface area contributed by atoms with Crippen LogP contribution in [0, 0.1) is 5.92 Å². The Morgan fingerprint density at radius 3 is 0.878 bits per heavy atom. The first-order valence-corrected chi connectivity index (χ1v) is 18.4. The summed E-state index contributed by atoms with van der Waals surface area (Å²) in [7, 11) is 0. The van der Waals surface area contributed by atoms with Gasteiger partial charge in [0.25, 0.3) is 0 Å². The lowest BCUT2D eigenvalue weighted by Gasteiger charge is -2.10. The standard InChI is InChI=1S/C19H38O2.C18H36O2/c1-3-4-5-12-15-18(2)16-13-10-8-6-7-9-11-14-17-19(20)21;1-2-3-4-5-6-7-8-9-10-11-12-13-14-15-16-17-18(19)20/h18H,3-17H2,1-2H3,(H,20,21);2-17H2,1H3,(H,19,20). The van der Waals surface area contributed by atoms with Crippen LogP contribution in [0.2, 0.25) is 0 Å². The van der Waals surface area contributed by atoms with Gasteiger partial charge < -0.3 is 10.2 Å². The molecule has 0 fully saturated rings. The van der Waals surface area contributed by atoms with Crippen LogP contribution in [0.25, 0.3) is 0 Å². The molecule has 0 radical (unpaired) electrons. The van der Waals surface area contributed by atoms with Gasteiger partial charge in [0.1, 0.15) is 0 Å². The second kappa shape index (κ2) is 37.0. The number of carbonyl (C=O) groups is 2. The third-order valence-electron chi connectivity index (χ3n) is 8.38. The first-order chi connectivity index (χ1) is 19.9. The van der Waals surface area contributed by atoms with E-state index in [4.69, 9.17) is 10.2 Å². The van der Waals surface area contributed by atoms with Crippen molar-refractivity contribution in [3.8, 4) is 0 Å². The van der Waals surface area contributed by atoms with Crippen LogP contribution in [-0.2, 0) is 9.59 Å². The van der Waals surface area contributed by atoms with Crippen molar-refractivity contribution >= 4 is 11.9 Å². The van der Waals surface area contributed by atoms with E-state index in [1.165, 1.54) is 161 Å². The largest absolute Gasteiger partial charge is 0.481 e. The molecule has 0 aliphatic heterocycles. The minimum Gasteiger partial charge on any atom is -0.481 e. The number of hydrogen-bond acceptors (Lipinski definition) is 2. The molecule has 2 N–H and O–H groups in total. The van der Waals surface area contributed by atoms with E-state index in [-0.39, 0.29) is 0 Å². The van der Waals surface area contributed by atoms with E-state index in [1.807, 2.05) is 0 Å². The Morgan fingerprint density at radius 1 is 0.390 bits per heavy atom. The predicted octanol–water partition coefficient (Wildman–Crippen LogP) is 12.9. The Kier molecular flexibility index (Phi) is 37.9. The van der Waals surface area contributed by atoms with E-state index in [0.29, 0.717) is 12.8 Å². The summed E-state index contributed by atoms with van der Waals surface area (Å²) in [6.07, 6.45) is 38.9. The highest BCUT2D eigenvalue weighted by atomic mass is 16.4.